The van der Waals surface area contributed by atoms with Crippen LogP contribution in [0.1, 0.15) is 78.1 Å². The van der Waals surface area contributed by atoms with E-state index in [0.29, 0.717) is 6.54 Å². The van der Waals surface area contributed by atoms with E-state index in [1.165, 1.54) is 51.9 Å². The van der Waals surface area contributed by atoms with E-state index in [-0.39, 0.29) is 0 Å². The first-order valence-electron chi connectivity index (χ1n) is 9.32. The second kappa shape index (κ2) is 14.0. The SMILES string of the molecule is CCCCCCCCCCCCNC(CS(=O)(=O)O)C(O)C(C)O. The predicted molar refractivity (Wildman–Crippen MR) is 97.7 cm³/mol. The van der Waals surface area contributed by atoms with Crippen LogP contribution < -0.4 is 5.32 Å². The summed E-state index contributed by atoms with van der Waals surface area (Å²) in [6.45, 7) is 4.17. The highest BCUT2D eigenvalue weighted by Crippen LogP contribution is 2.10. The lowest BCUT2D eigenvalue weighted by Gasteiger charge is -2.25. The zero-order valence-electron chi connectivity index (χ0n) is 15.3. The largest absolute Gasteiger partial charge is 0.391 e. The van der Waals surface area contributed by atoms with Gasteiger partial charge in [-0.25, -0.2) is 0 Å². The van der Waals surface area contributed by atoms with Gasteiger partial charge in [-0.2, -0.15) is 8.42 Å². The first-order valence-corrected chi connectivity index (χ1v) is 10.9. The third-order valence-corrected chi connectivity index (χ3v) is 5.01. The quantitative estimate of drug-likeness (QED) is 0.247. The van der Waals surface area contributed by atoms with E-state index >= 15 is 0 Å². The molecule has 0 bridgehead atoms. The highest BCUT2D eigenvalue weighted by molar-refractivity contribution is 7.85. The molecule has 0 heterocycles. The molecule has 7 heteroatoms. The molecule has 0 aromatic rings. The lowest BCUT2D eigenvalue weighted by atomic mass is 10.1. The van der Waals surface area contributed by atoms with Gasteiger partial charge in [0.1, 0.15) is 0 Å². The zero-order valence-corrected chi connectivity index (χ0v) is 16.1. The fourth-order valence-electron chi connectivity index (χ4n) is 2.74. The van der Waals surface area contributed by atoms with Crippen LogP contribution in [0, 0.1) is 0 Å². The standard InChI is InChI=1S/C17H37NO5S/c1-3-4-5-6-7-8-9-10-11-12-13-18-16(14-24(21,22)23)17(20)15(2)19/h15-20H,3-14H2,1-2H3,(H,21,22,23). The zero-order chi connectivity index (χ0) is 18.4. The molecule has 0 spiro atoms. The number of aliphatic hydroxyl groups excluding tert-OH is 2. The summed E-state index contributed by atoms with van der Waals surface area (Å²) < 4.78 is 30.9. The van der Waals surface area contributed by atoms with Gasteiger partial charge >= 0.3 is 0 Å². The first-order chi connectivity index (χ1) is 11.3. The second-order valence-corrected chi connectivity index (χ2v) is 8.22. The molecule has 0 aliphatic carbocycles. The van der Waals surface area contributed by atoms with Crippen molar-refractivity contribution in [1.29, 1.82) is 0 Å². The Morgan fingerprint density at radius 3 is 1.75 bits per heavy atom. The Labute approximate surface area is 147 Å². The molecule has 0 aliphatic heterocycles. The smallest absolute Gasteiger partial charge is 0.266 e. The van der Waals surface area contributed by atoms with Crippen LogP contribution in [0.15, 0.2) is 0 Å². The van der Waals surface area contributed by atoms with Crippen molar-refractivity contribution in [2.45, 2.75) is 96.3 Å². The minimum atomic E-state index is -4.20. The molecule has 0 rings (SSSR count). The van der Waals surface area contributed by atoms with Crippen molar-refractivity contribution in [3.8, 4) is 0 Å². The van der Waals surface area contributed by atoms with Gasteiger partial charge in [0.25, 0.3) is 10.1 Å². The maximum Gasteiger partial charge on any atom is 0.266 e. The Kier molecular flexibility index (Phi) is 13.9. The normalized spacial score (nSPS) is 16.0. The topological polar surface area (TPSA) is 107 Å². The molecular formula is C17H37NO5S. The predicted octanol–water partition coefficient (Wildman–Crippen LogP) is 2.50. The molecular weight excluding hydrogens is 330 g/mol. The lowest BCUT2D eigenvalue weighted by molar-refractivity contribution is 0.0112. The molecule has 0 fully saturated rings. The van der Waals surface area contributed by atoms with Crippen molar-refractivity contribution in [3.63, 3.8) is 0 Å². The summed E-state index contributed by atoms with van der Waals surface area (Å²) in [5, 5.41) is 22.2. The van der Waals surface area contributed by atoms with E-state index in [1.54, 1.807) is 0 Å². The van der Waals surface area contributed by atoms with Crippen molar-refractivity contribution in [3.05, 3.63) is 0 Å². The molecule has 0 saturated carbocycles. The Bertz CT molecular complexity index is 386. The second-order valence-electron chi connectivity index (χ2n) is 6.72. The highest BCUT2D eigenvalue weighted by Gasteiger charge is 2.27. The molecule has 0 amide bonds. The number of nitrogens with one attached hydrogen (secondary N) is 1. The minimum Gasteiger partial charge on any atom is -0.391 e. The molecule has 0 aromatic heterocycles. The van der Waals surface area contributed by atoms with E-state index in [9.17, 15) is 18.6 Å². The third-order valence-electron chi connectivity index (χ3n) is 4.23. The summed E-state index contributed by atoms with van der Waals surface area (Å²) in [6, 6.07) is -0.862. The van der Waals surface area contributed by atoms with Crippen molar-refractivity contribution < 1.29 is 23.2 Å². The maximum atomic E-state index is 11.0. The van der Waals surface area contributed by atoms with Gasteiger partial charge in [0.2, 0.25) is 0 Å². The summed E-state index contributed by atoms with van der Waals surface area (Å²) >= 11 is 0. The Morgan fingerprint density at radius 1 is 0.875 bits per heavy atom. The molecule has 0 saturated heterocycles. The summed E-state index contributed by atoms with van der Waals surface area (Å²) in [5.41, 5.74) is 0. The molecule has 6 nitrogen and oxygen atoms in total. The summed E-state index contributed by atoms with van der Waals surface area (Å²) in [5.74, 6) is -0.600. The van der Waals surface area contributed by atoms with Crippen LogP contribution in [0.2, 0.25) is 0 Å². The monoisotopic (exact) mass is 367 g/mol. The molecule has 0 radical (unpaired) electrons. The third kappa shape index (κ3) is 14.2. The molecule has 0 aromatic carbocycles. The highest BCUT2D eigenvalue weighted by atomic mass is 32.2. The van der Waals surface area contributed by atoms with Crippen LogP contribution in [0.5, 0.6) is 0 Å². The summed E-state index contributed by atoms with van der Waals surface area (Å²) in [6.07, 6.45) is 9.84. The maximum absolute atomic E-state index is 11.0. The van der Waals surface area contributed by atoms with Gasteiger partial charge in [-0.3, -0.25) is 4.55 Å². The van der Waals surface area contributed by atoms with Crippen LogP contribution in [0.25, 0.3) is 0 Å². The summed E-state index contributed by atoms with van der Waals surface area (Å²) in [7, 11) is -4.20. The number of unbranched alkanes of at least 4 members (excludes halogenated alkanes) is 9. The van der Waals surface area contributed by atoms with E-state index < -0.39 is 34.1 Å². The van der Waals surface area contributed by atoms with Gasteiger partial charge in [0.15, 0.2) is 0 Å². The number of hydrogen-bond donors (Lipinski definition) is 4. The molecule has 0 aliphatic rings. The van der Waals surface area contributed by atoms with Gasteiger partial charge in [0, 0.05) is 0 Å². The molecule has 24 heavy (non-hydrogen) atoms. The number of rotatable bonds is 16. The Hall–Kier alpha value is -0.210. The van der Waals surface area contributed by atoms with E-state index in [1.807, 2.05) is 0 Å². The van der Waals surface area contributed by atoms with Gasteiger partial charge in [0.05, 0.1) is 24.0 Å². The van der Waals surface area contributed by atoms with E-state index in [4.69, 9.17) is 4.55 Å². The minimum absolute atomic E-state index is 0.556. The van der Waals surface area contributed by atoms with Crippen molar-refractivity contribution in [2.75, 3.05) is 12.3 Å². The summed E-state index contributed by atoms with van der Waals surface area (Å²) in [4.78, 5) is 0. The fourth-order valence-corrected chi connectivity index (χ4v) is 3.51. The average molecular weight is 368 g/mol. The number of hydrogen-bond acceptors (Lipinski definition) is 5. The van der Waals surface area contributed by atoms with Crippen LogP contribution in [-0.2, 0) is 10.1 Å². The van der Waals surface area contributed by atoms with Gasteiger partial charge in [-0.05, 0) is 19.9 Å². The van der Waals surface area contributed by atoms with Crippen LogP contribution in [-0.4, -0.2) is 53.7 Å². The first kappa shape index (κ1) is 23.8. The average Bonchev–Trinajstić information content (AvgIpc) is 2.49. The van der Waals surface area contributed by atoms with Gasteiger partial charge in [-0.1, -0.05) is 64.7 Å². The molecule has 3 atom stereocenters. The fraction of sp³-hybridized carbons (Fsp3) is 1.00. The molecule has 3 unspecified atom stereocenters. The molecule has 146 valence electrons. The Balaban J connectivity index is 3.77. The van der Waals surface area contributed by atoms with Crippen LogP contribution >= 0.6 is 0 Å². The van der Waals surface area contributed by atoms with Crippen molar-refractivity contribution in [2.24, 2.45) is 0 Å². The molecule has 4 N–H and O–H groups in total. The Morgan fingerprint density at radius 2 is 1.33 bits per heavy atom. The van der Waals surface area contributed by atoms with Crippen molar-refractivity contribution in [1.82, 2.24) is 5.32 Å². The van der Waals surface area contributed by atoms with Crippen LogP contribution in [0.4, 0.5) is 0 Å². The van der Waals surface area contributed by atoms with E-state index in [2.05, 4.69) is 12.2 Å². The van der Waals surface area contributed by atoms with Crippen molar-refractivity contribution >= 4 is 10.1 Å². The van der Waals surface area contributed by atoms with Gasteiger partial charge in [-0.15, -0.1) is 0 Å². The van der Waals surface area contributed by atoms with Crippen LogP contribution in [0.3, 0.4) is 0 Å². The van der Waals surface area contributed by atoms with E-state index in [0.717, 1.165) is 19.3 Å². The number of aliphatic hydroxyl groups is 2. The van der Waals surface area contributed by atoms with Gasteiger partial charge < -0.3 is 15.5 Å². The lowest BCUT2D eigenvalue weighted by Crippen LogP contribution is -2.49.